The van der Waals surface area contributed by atoms with Gasteiger partial charge in [-0.15, -0.1) is 0 Å². The maximum Gasteiger partial charge on any atom is 0.0697 e. The Morgan fingerprint density at radius 2 is 0.854 bits per heavy atom. The first-order valence-corrected chi connectivity index (χ1v) is 17.3. The summed E-state index contributed by atoms with van der Waals surface area (Å²) in [5, 5.41) is 49.7. The van der Waals surface area contributed by atoms with Crippen molar-refractivity contribution in [2.75, 3.05) is 52.9 Å². The normalized spacial score (nSPS) is 13.2. The van der Waals surface area contributed by atoms with E-state index in [1.165, 1.54) is 103 Å². The second kappa shape index (κ2) is 28.5. The van der Waals surface area contributed by atoms with Gasteiger partial charge in [0.25, 0.3) is 0 Å². The van der Waals surface area contributed by atoms with E-state index < -0.39 is 30.7 Å². The van der Waals surface area contributed by atoms with E-state index >= 15 is 0 Å². The second-order valence-corrected chi connectivity index (χ2v) is 12.7. The van der Waals surface area contributed by atoms with Crippen LogP contribution in [0.2, 0.25) is 0 Å². The highest BCUT2D eigenvalue weighted by Crippen LogP contribution is 2.30. The van der Waals surface area contributed by atoms with E-state index in [-0.39, 0.29) is 32.5 Å². The Morgan fingerprint density at radius 1 is 0.463 bits per heavy atom. The van der Waals surface area contributed by atoms with Crippen LogP contribution in [-0.4, -0.2) is 84.5 Å². The van der Waals surface area contributed by atoms with Gasteiger partial charge in [-0.1, -0.05) is 136 Å². The van der Waals surface area contributed by atoms with E-state index in [0.717, 1.165) is 32.1 Å². The lowest BCUT2D eigenvalue weighted by Crippen LogP contribution is -2.49. The summed E-state index contributed by atoms with van der Waals surface area (Å²) in [7, 11) is 0. The zero-order valence-electron chi connectivity index (χ0n) is 27.1. The molecule has 0 aromatic carbocycles. The van der Waals surface area contributed by atoms with Gasteiger partial charge in [-0.25, -0.2) is 0 Å². The molecule has 0 aromatic rings. The van der Waals surface area contributed by atoms with Crippen molar-refractivity contribution in [1.82, 2.24) is 0 Å². The van der Waals surface area contributed by atoms with Crippen LogP contribution in [0.15, 0.2) is 0 Å². The van der Waals surface area contributed by atoms with Crippen molar-refractivity contribution in [3.8, 4) is 0 Å². The summed E-state index contributed by atoms with van der Waals surface area (Å²) < 4.78 is 12.2. The van der Waals surface area contributed by atoms with Crippen LogP contribution in [0.5, 0.6) is 0 Å². The van der Waals surface area contributed by atoms with Gasteiger partial charge in [-0.05, 0) is 12.8 Å². The van der Waals surface area contributed by atoms with Gasteiger partial charge in [0, 0.05) is 6.61 Å². The van der Waals surface area contributed by atoms with Gasteiger partial charge in [-0.3, -0.25) is 0 Å². The summed E-state index contributed by atoms with van der Waals surface area (Å²) in [6.07, 6.45) is 25.3. The molecule has 0 saturated carbocycles. The van der Waals surface area contributed by atoms with Crippen molar-refractivity contribution < 1.29 is 35.0 Å². The highest BCUT2D eigenvalue weighted by molar-refractivity contribution is 4.88. The van der Waals surface area contributed by atoms with Crippen molar-refractivity contribution >= 4 is 0 Å². The standard InChI is InChI=1S/C34H70O7/c1-3-5-7-9-11-13-15-17-19-21-23-32(41-24-22-20-18-16-14-12-10-8-6-4-2)34(28-38,29-39)31-40-30-33(25-35,26-36)27-37/h32,35-39H,3-31H2,1-2H3. The van der Waals surface area contributed by atoms with Crippen LogP contribution in [0.25, 0.3) is 0 Å². The molecule has 0 rings (SSSR count). The third-order valence-electron chi connectivity index (χ3n) is 8.75. The number of hydrogen-bond donors (Lipinski definition) is 5. The van der Waals surface area contributed by atoms with Crippen molar-refractivity contribution in [3.63, 3.8) is 0 Å². The monoisotopic (exact) mass is 591 g/mol. The van der Waals surface area contributed by atoms with Crippen LogP contribution in [0, 0.1) is 10.8 Å². The first kappa shape index (κ1) is 40.7. The lowest BCUT2D eigenvalue weighted by molar-refractivity contribution is -0.145. The topological polar surface area (TPSA) is 120 Å². The number of unbranched alkanes of at least 4 members (excludes halogenated alkanes) is 18. The van der Waals surface area contributed by atoms with Crippen LogP contribution in [0.4, 0.5) is 0 Å². The molecule has 0 aliphatic carbocycles. The van der Waals surface area contributed by atoms with E-state index in [1.807, 2.05) is 0 Å². The zero-order chi connectivity index (χ0) is 30.5. The summed E-state index contributed by atoms with van der Waals surface area (Å²) in [6, 6.07) is 0. The number of aliphatic hydroxyl groups excluding tert-OH is 5. The van der Waals surface area contributed by atoms with Gasteiger partial charge in [0.05, 0.1) is 63.2 Å². The van der Waals surface area contributed by atoms with Crippen molar-refractivity contribution in [2.24, 2.45) is 10.8 Å². The minimum Gasteiger partial charge on any atom is -0.396 e. The highest BCUT2D eigenvalue weighted by atomic mass is 16.5. The van der Waals surface area contributed by atoms with Crippen LogP contribution in [0.1, 0.15) is 149 Å². The minimum absolute atomic E-state index is 0.0300. The molecule has 7 nitrogen and oxygen atoms in total. The fourth-order valence-electron chi connectivity index (χ4n) is 5.39. The number of rotatable bonds is 33. The minimum atomic E-state index is -1.15. The average Bonchev–Trinajstić information content (AvgIpc) is 3.00. The number of ether oxygens (including phenoxy) is 2. The largest absolute Gasteiger partial charge is 0.396 e. The average molecular weight is 591 g/mol. The SMILES string of the molecule is CCCCCCCCCCCCOC(CCCCCCCCCCCC)C(CO)(CO)COCC(CO)(CO)CO. The molecule has 0 aliphatic heterocycles. The van der Waals surface area contributed by atoms with Crippen molar-refractivity contribution in [1.29, 1.82) is 0 Å². The van der Waals surface area contributed by atoms with Gasteiger partial charge in [0.2, 0.25) is 0 Å². The molecule has 0 spiro atoms. The fourth-order valence-corrected chi connectivity index (χ4v) is 5.39. The molecule has 0 bridgehead atoms. The summed E-state index contributed by atoms with van der Waals surface area (Å²) >= 11 is 0. The number of aliphatic hydroxyl groups is 5. The lowest BCUT2D eigenvalue weighted by Gasteiger charge is -2.39. The van der Waals surface area contributed by atoms with E-state index in [9.17, 15) is 25.5 Å². The molecule has 0 aliphatic rings. The Balaban J connectivity index is 4.77. The molecular weight excluding hydrogens is 520 g/mol. The van der Waals surface area contributed by atoms with Gasteiger partial charge < -0.3 is 35.0 Å². The molecule has 41 heavy (non-hydrogen) atoms. The van der Waals surface area contributed by atoms with E-state index in [0.29, 0.717) is 6.61 Å². The van der Waals surface area contributed by atoms with Gasteiger partial charge in [-0.2, -0.15) is 0 Å². The Kier molecular flexibility index (Phi) is 28.3. The first-order valence-electron chi connectivity index (χ1n) is 17.3. The van der Waals surface area contributed by atoms with Gasteiger partial charge in [0.1, 0.15) is 0 Å². The van der Waals surface area contributed by atoms with Gasteiger partial charge >= 0.3 is 0 Å². The Hall–Kier alpha value is -0.280. The summed E-state index contributed by atoms with van der Waals surface area (Å²) in [5.41, 5.74) is -2.14. The third-order valence-corrected chi connectivity index (χ3v) is 8.75. The summed E-state index contributed by atoms with van der Waals surface area (Å²) in [6.45, 7) is 3.24. The number of hydrogen-bond acceptors (Lipinski definition) is 7. The molecule has 0 aromatic heterocycles. The smallest absolute Gasteiger partial charge is 0.0697 e. The predicted octanol–water partition coefficient (Wildman–Crippen LogP) is 6.55. The quantitative estimate of drug-likeness (QED) is 0.0550. The maximum atomic E-state index is 10.4. The maximum absolute atomic E-state index is 10.4. The predicted molar refractivity (Wildman–Crippen MR) is 169 cm³/mol. The Bertz CT molecular complexity index is 515. The summed E-state index contributed by atoms with van der Waals surface area (Å²) in [4.78, 5) is 0. The van der Waals surface area contributed by atoms with Crippen LogP contribution < -0.4 is 0 Å². The fraction of sp³-hybridized carbons (Fsp3) is 1.00. The van der Waals surface area contributed by atoms with E-state index in [1.54, 1.807) is 0 Å². The summed E-state index contributed by atoms with van der Waals surface area (Å²) in [5.74, 6) is 0. The molecule has 0 heterocycles. The van der Waals surface area contributed by atoms with E-state index in [4.69, 9.17) is 9.47 Å². The molecule has 248 valence electrons. The molecule has 0 fully saturated rings. The van der Waals surface area contributed by atoms with Crippen LogP contribution in [0.3, 0.4) is 0 Å². The molecular formula is C34H70O7. The molecule has 5 N–H and O–H groups in total. The first-order chi connectivity index (χ1) is 20.0. The molecule has 1 unspecified atom stereocenters. The Morgan fingerprint density at radius 3 is 1.24 bits per heavy atom. The molecule has 0 radical (unpaired) electrons. The van der Waals surface area contributed by atoms with Gasteiger partial charge in [0.15, 0.2) is 0 Å². The highest BCUT2D eigenvalue weighted by Gasteiger charge is 2.40. The van der Waals surface area contributed by atoms with E-state index in [2.05, 4.69) is 13.8 Å². The molecule has 1 atom stereocenters. The zero-order valence-corrected chi connectivity index (χ0v) is 27.1. The van der Waals surface area contributed by atoms with Crippen molar-refractivity contribution in [3.05, 3.63) is 0 Å². The molecule has 0 amide bonds. The molecule has 7 heteroatoms. The Labute approximate surface area is 253 Å². The van der Waals surface area contributed by atoms with Crippen LogP contribution in [-0.2, 0) is 9.47 Å². The van der Waals surface area contributed by atoms with Crippen LogP contribution >= 0.6 is 0 Å². The second-order valence-electron chi connectivity index (χ2n) is 12.7. The lowest BCUT2D eigenvalue weighted by atomic mass is 9.81. The van der Waals surface area contributed by atoms with Crippen molar-refractivity contribution in [2.45, 2.75) is 155 Å². The third kappa shape index (κ3) is 19.6. The molecule has 0 saturated heterocycles.